The highest BCUT2D eigenvalue weighted by atomic mass is 16.5. The molecular weight excluding hydrogens is 322 g/mol. The van der Waals surface area contributed by atoms with Crippen LogP contribution in [0.4, 0.5) is 5.69 Å². The van der Waals surface area contributed by atoms with Crippen LogP contribution >= 0.6 is 0 Å². The number of hydrogen-bond donors (Lipinski definition) is 2. The first-order chi connectivity index (χ1) is 12.1. The van der Waals surface area contributed by atoms with E-state index in [-0.39, 0.29) is 18.9 Å². The largest absolute Gasteiger partial charge is 0.489 e. The highest BCUT2D eigenvalue weighted by Crippen LogP contribution is 2.30. The second kappa shape index (κ2) is 5.94. The third-order valence-electron chi connectivity index (χ3n) is 4.18. The fourth-order valence-corrected chi connectivity index (χ4v) is 3.08. The SMILES string of the molecule is O=C(CC1COc2cccc3[nH]c(=O)c(=O)n1c23)Nc1ccccc1. The van der Waals surface area contributed by atoms with E-state index < -0.39 is 17.2 Å². The Kier molecular flexibility index (Phi) is 3.61. The molecule has 2 heterocycles. The highest BCUT2D eigenvalue weighted by Gasteiger charge is 2.27. The first kappa shape index (κ1) is 15.2. The maximum Gasteiger partial charge on any atom is 0.317 e. The average Bonchev–Trinajstić information content (AvgIpc) is 2.61. The predicted molar refractivity (Wildman–Crippen MR) is 93.0 cm³/mol. The highest BCUT2D eigenvalue weighted by molar-refractivity contribution is 5.91. The van der Waals surface area contributed by atoms with Crippen LogP contribution in [0.25, 0.3) is 11.0 Å². The molecule has 25 heavy (non-hydrogen) atoms. The number of nitrogens with one attached hydrogen (secondary N) is 2. The number of anilines is 1. The number of carbonyl (C=O) groups is 1. The van der Waals surface area contributed by atoms with Gasteiger partial charge in [-0.05, 0) is 24.3 Å². The Bertz CT molecular complexity index is 1070. The van der Waals surface area contributed by atoms with Gasteiger partial charge in [0, 0.05) is 5.69 Å². The normalized spacial score (nSPS) is 15.6. The molecule has 1 aromatic heterocycles. The van der Waals surface area contributed by atoms with Crippen molar-refractivity contribution in [2.45, 2.75) is 12.5 Å². The Hall–Kier alpha value is -3.35. The van der Waals surface area contributed by atoms with Gasteiger partial charge in [-0.25, -0.2) is 0 Å². The molecule has 1 unspecified atom stereocenters. The van der Waals surface area contributed by atoms with Crippen LogP contribution in [0.15, 0.2) is 58.1 Å². The van der Waals surface area contributed by atoms with Crippen molar-refractivity contribution in [2.75, 3.05) is 11.9 Å². The molecular formula is C18H15N3O4. The van der Waals surface area contributed by atoms with Gasteiger partial charge in [0.25, 0.3) is 0 Å². The Morgan fingerprint density at radius 3 is 2.76 bits per heavy atom. The molecule has 1 atom stereocenters. The number of ether oxygens (including phenoxy) is 1. The number of hydrogen-bond acceptors (Lipinski definition) is 4. The summed E-state index contributed by atoms with van der Waals surface area (Å²) in [7, 11) is 0. The van der Waals surface area contributed by atoms with Crippen molar-refractivity contribution >= 4 is 22.6 Å². The van der Waals surface area contributed by atoms with E-state index in [9.17, 15) is 14.4 Å². The predicted octanol–water partition coefficient (Wildman–Crippen LogP) is 1.65. The van der Waals surface area contributed by atoms with Crippen molar-refractivity contribution in [3.63, 3.8) is 0 Å². The molecule has 0 fully saturated rings. The molecule has 2 N–H and O–H groups in total. The summed E-state index contributed by atoms with van der Waals surface area (Å²) in [5, 5.41) is 2.78. The number of benzene rings is 2. The van der Waals surface area contributed by atoms with Crippen LogP contribution in [-0.4, -0.2) is 22.1 Å². The number of amides is 1. The van der Waals surface area contributed by atoms with Crippen LogP contribution in [0.3, 0.4) is 0 Å². The lowest BCUT2D eigenvalue weighted by Gasteiger charge is -2.27. The lowest BCUT2D eigenvalue weighted by Crippen LogP contribution is -2.42. The van der Waals surface area contributed by atoms with Gasteiger partial charge < -0.3 is 15.0 Å². The Labute approximate surface area is 141 Å². The van der Waals surface area contributed by atoms with Crippen molar-refractivity contribution in [1.82, 2.24) is 9.55 Å². The molecule has 4 rings (SSSR count). The fraction of sp³-hybridized carbons (Fsp3) is 0.167. The molecule has 0 aliphatic carbocycles. The van der Waals surface area contributed by atoms with Crippen LogP contribution in [0.2, 0.25) is 0 Å². The molecule has 0 bridgehead atoms. The summed E-state index contributed by atoms with van der Waals surface area (Å²) in [6.07, 6.45) is 0.0295. The summed E-state index contributed by atoms with van der Waals surface area (Å²) in [6.45, 7) is 0.150. The van der Waals surface area contributed by atoms with Crippen LogP contribution in [0.1, 0.15) is 12.5 Å². The number of carbonyl (C=O) groups excluding carboxylic acids is 1. The zero-order chi connectivity index (χ0) is 17.4. The lowest BCUT2D eigenvalue weighted by molar-refractivity contribution is -0.117. The summed E-state index contributed by atoms with van der Waals surface area (Å²) in [5.74, 6) is 0.269. The standard InChI is InChI=1S/C18H15N3O4/c22-15(19-11-5-2-1-3-6-11)9-12-10-25-14-8-4-7-13-16(14)21(12)18(24)17(23)20-13/h1-8,12H,9-10H2,(H,19,22)(H,20,23). The van der Waals surface area contributed by atoms with Crippen LogP contribution in [0.5, 0.6) is 5.75 Å². The van der Waals surface area contributed by atoms with E-state index in [4.69, 9.17) is 4.74 Å². The van der Waals surface area contributed by atoms with Crippen LogP contribution in [-0.2, 0) is 4.79 Å². The maximum atomic E-state index is 12.4. The van der Waals surface area contributed by atoms with Gasteiger partial charge in [-0.1, -0.05) is 24.3 Å². The third kappa shape index (κ3) is 2.69. The minimum absolute atomic E-state index is 0.0295. The first-order valence-corrected chi connectivity index (χ1v) is 7.89. The minimum Gasteiger partial charge on any atom is -0.489 e. The van der Waals surface area contributed by atoms with Gasteiger partial charge in [-0.2, -0.15) is 0 Å². The Morgan fingerprint density at radius 2 is 1.96 bits per heavy atom. The van der Waals surface area contributed by atoms with E-state index in [1.807, 2.05) is 18.2 Å². The van der Waals surface area contributed by atoms with Gasteiger partial charge in [0.2, 0.25) is 5.91 Å². The van der Waals surface area contributed by atoms with Crippen molar-refractivity contribution < 1.29 is 9.53 Å². The van der Waals surface area contributed by atoms with E-state index in [0.29, 0.717) is 22.5 Å². The second-order valence-corrected chi connectivity index (χ2v) is 5.86. The van der Waals surface area contributed by atoms with Crippen molar-refractivity contribution in [1.29, 1.82) is 0 Å². The van der Waals surface area contributed by atoms with E-state index in [0.717, 1.165) is 0 Å². The molecule has 1 aliphatic rings. The Balaban J connectivity index is 1.71. The van der Waals surface area contributed by atoms with E-state index in [1.165, 1.54) is 4.57 Å². The van der Waals surface area contributed by atoms with Gasteiger partial charge in [0.05, 0.1) is 18.0 Å². The zero-order valence-corrected chi connectivity index (χ0v) is 13.2. The second-order valence-electron chi connectivity index (χ2n) is 5.86. The third-order valence-corrected chi connectivity index (χ3v) is 4.18. The number of nitrogens with zero attached hydrogens (tertiary/aromatic N) is 1. The number of aromatic nitrogens is 2. The van der Waals surface area contributed by atoms with Crippen molar-refractivity contribution in [2.24, 2.45) is 0 Å². The zero-order valence-electron chi connectivity index (χ0n) is 13.2. The smallest absolute Gasteiger partial charge is 0.317 e. The fourth-order valence-electron chi connectivity index (χ4n) is 3.08. The molecule has 0 saturated carbocycles. The van der Waals surface area contributed by atoms with Gasteiger partial charge in [0.15, 0.2) is 0 Å². The van der Waals surface area contributed by atoms with E-state index >= 15 is 0 Å². The van der Waals surface area contributed by atoms with Crippen LogP contribution < -0.4 is 21.2 Å². The summed E-state index contributed by atoms with van der Waals surface area (Å²) < 4.78 is 7.06. The number of H-pyrrole nitrogens is 1. The summed E-state index contributed by atoms with van der Waals surface area (Å²) in [5.41, 5.74) is 0.305. The van der Waals surface area contributed by atoms with E-state index in [2.05, 4.69) is 10.3 Å². The van der Waals surface area contributed by atoms with Crippen molar-refractivity contribution in [3.8, 4) is 5.75 Å². The number of rotatable bonds is 3. The summed E-state index contributed by atoms with van der Waals surface area (Å²) >= 11 is 0. The van der Waals surface area contributed by atoms with Crippen molar-refractivity contribution in [3.05, 3.63) is 69.2 Å². The van der Waals surface area contributed by atoms with Gasteiger partial charge in [0.1, 0.15) is 17.9 Å². The van der Waals surface area contributed by atoms with Gasteiger partial charge >= 0.3 is 11.1 Å². The molecule has 2 aromatic carbocycles. The molecule has 0 radical (unpaired) electrons. The maximum absolute atomic E-state index is 12.4. The lowest BCUT2D eigenvalue weighted by atomic mass is 10.1. The molecule has 3 aromatic rings. The summed E-state index contributed by atoms with van der Waals surface area (Å²) in [6, 6.07) is 13.7. The van der Waals surface area contributed by atoms with Gasteiger partial charge in [-0.15, -0.1) is 0 Å². The number of para-hydroxylation sites is 2. The first-order valence-electron chi connectivity index (χ1n) is 7.89. The average molecular weight is 337 g/mol. The summed E-state index contributed by atoms with van der Waals surface area (Å²) in [4.78, 5) is 39.2. The molecule has 7 nitrogen and oxygen atoms in total. The quantitative estimate of drug-likeness (QED) is 0.711. The minimum atomic E-state index is -0.708. The molecule has 0 spiro atoms. The monoisotopic (exact) mass is 337 g/mol. The topological polar surface area (TPSA) is 93.2 Å². The van der Waals surface area contributed by atoms with E-state index in [1.54, 1.807) is 30.3 Å². The Morgan fingerprint density at radius 1 is 1.16 bits per heavy atom. The molecule has 7 heteroatoms. The van der Waals surface area contributed by atoms with Crippen LogP contribution in [0, 0.1) is 0 Å². The molecule has 0 saturated heterocycles. The molecule has 1 amide bonds. The van der Waals surface area contributed by atoms with Gasteiger partial charge in [-0.3, -0.25) is 19.0 Å². The molecule has 1 aliphatic heterocycles. The number of aromatic amines is 1. The molecule has 126 valence electrons.